The van der Waals surface area contributed by atoms with Crippen molar-refractivity contribution in [2.45, 2.75) is 70.9 Å². The minimum atomic E-state index is -1.18. The number of likely N-dealkylation sites (tertiary alicyclic amines) is 1. The smallest absolute Gasteiger partial charge is 0.253 e. The van der Waals surface area contributed by atoms with Gasteiger partial charge in [0.25, 0.3) is 5.91 Å². The Balaban J connectivity index is 1.59. The Morgan fingerprint density at radius 1 is 1.09 bits per heavy atom. The number of amides is 3. The summed E-state index contributed by atoms with van der Waals surface area (Å²) in [5.41, 5.74) is 2.47. The Morgan fingerprint density at radius 2 is 1.80 bits per heavy atom. The van der Waals surface area contributed by atoms with Gasteiger partial charge in [-0.25, -0.2) is 0 Å². The first-order chi connectivity index (χ1) is 21.1. The third-order valence-electron chi connectivity index (χ3n) is 9.68. The van der Waals surface area contributed by atoms with Crippen LogP contribution in [0.5, 0.6) is 0 Å². The molecule has 3 aliphatic rings. The van der Waals surface area contributed by atoms with E-state index in [2.05, 4.69) is 13.2 Å². The Labute approximate surface area is 261 Å². The van der Waals surface area contributed by atoms with Crippen molar-refractivity contribution in [3.63, 3.8) is 0 Å². The minimum Gasteiger partial charge on any atom is -0.394 e. The molecule has 2 aromatic carbocycles. The summed E-state index contributed by atoms with van der Waals surface area (Å²) in [4.78, 5) is 48.9. The maximum Gasteiger partial charge on any atom is 0.253 e. The lowest BCUT2D eigenvalue weighted by Crippen LogP contribution is -2.60. The Hall–Kier alpha value is -3.75. The summed E-state index contributed by atoms with van der Waals surface area (Å²) in [6, 6.07) is 14.1. The number of ether oxygens (including phenoxy) is 1. The van der Waals surface area contributed by atoms with Crippen molar-refractivity contribution in [1.29, 1.82) is 0 Å². The molecule has 0 saturated carbocycles. The summed E-state index contributed by atoms with van der Waals surface area (Å²) in [5.74, 6) is -2.45. The molecule has 0 aliphatic carbocycles. The fourth-order valence-corrected chi connectivity index (χ4v) is 7.63. The highest BCUT2D eigenvalue weighted by Gasteiger charge is 2.75. The van der Waals surface area contributed by atoms with E-state index in [0.29, 0.717) is 25.9 Å². The largest absolute Gasteiger partial charge is 0.394 e. The molecule has 1 N–H and O–H groups in total. The van der Waals surface area contributed by atoms with Crippen LogP contribution in [0, 0.1) is 31.6 Å². The molecule has 1 spiro atoms. The molecule has 2 unspecified atom stereocenters. The van der Waals surface area contributed by atoms with Crippen LogP contribution in [-0.2, 0) is 25.7 Å². The molecular weight excluding hydrogens is 554 g/mol. The number of carbonyl (C=O) groups excluding carboxylic acids is 3. The van der Waals surface area contributed by atoms with Crippen LogP contribution in [0.1, 0.15) is 43.4 Å². The normalized spacial score (nSPS) is 26.0. The van der Waals surface area contributed by atoms with Gasteiger partial charge in [0.2, 0.25) is 11.8 Å². The number of nitrogens with zero attached hydrogens (tertiary/aromatic N) is 3. The number of hydrogen-bond acceptors (Lipinski definition) is 5. The van der Waals surface area contributed by atoms with Gasteiger partial charge in [-0.05, 0) is 55.4 Å². The lowest BCUT2D eigenvalue weighted by atomic mass is 9.70. The molecule has 3 fully saturated rings. The summed E-state index contributed by atoms with van der Waals surface area (Å²) < 4.78 is 6.73. The predicted octanol–water partition coefficient (Wildman–Crippen LogP) is 4.43. The van der Waals surface area contributed by atoms with Crippen LogP contribution >= 0.6 is 0 Å². The molecule has 3 amide bonds. The first kappa shape index (κ1) is 31.7. The molecular formula is C36H45N3O5. The highest BCUT2D eigenvalue weighted by molar-refractivity contribution is 6.05. The van der Waals surface area contributed by atoms with Crippen LogP contribution < -0.4 is 4.90 Å². The first-order valence-electron chi connectivity index (χ1n) is 15.6. The van der Waals surface area contributed by atoms with Gasteiger partial charge in [0.15, 0.2) is 0 Å². The van der Waals surface area contributed by atoms with Gasteiger partial charge in [0.1, 0.15) is 11.6 Å². The zero-order valence-electron chi connectivity index (χ0n) is 26.3. The van der Waals surface area contributed by atoms with Crippen molar-refractivity contribution < 1.29 is 24.2 Å². The number of rotatable bonds is 12. The van der Waals surface area contributed by atoms with E-state index in [1.165, 1.54) is 0 Å². The van der Waals surface area contributed by atoms with E-state index in [4.69, 9.17) is 4.74 Å². The molecule has 3 aliphatic heterocycles. The van der Waals surface area contributed by atoms with E-state index in [-0.39, 0.29) is 36.8 Å². The van der Waals surface area contributed by atoms with Crippen molar-refractivity contribution in [3.8, 4) is 0 Å². The number of fused-ring (bicyclic) bond motifs is 1. The standard InChI is InChI=1S/C36H45N3O5/c1-7-18-37(21-26-12-10-9-11-13-26)33(41)30-29-16-17-36(44-29)31(30)34(42)39(28(22-40)23(3)4)32(36)35(43)38(19-8-2)27-20-24(5)14-15-25(27)6/h7-15,20,23,28-32,40H,1-2,16-19,21-22H2,3-6H3/t28-,29+,30-,31-,32?,36?/m0/s1. The number of aliphatic hydroxyl groups is 1. The van der Waals surface area contributed by atoms with Gasteiger partial charge in [-0.1, -0.05) is 68.5 Å². The summed E-state index contributed by atoms with van der Waals surface area (Å²) in [6.07, 6.45) is 3.95. The molecule has 5 rings (SSSR count). The number of anilines is 1. The van der Waals surface area contributed by atoms with E-state index in [9.17, 15) is 19.5 Å². The second kappa shape index (κ2) is 12.7. The third kappa shape index (κ3) is 5.28. The van der Waals surface area contributed by atoms with Crippen LogP contribution in [0.3, 0.4) is 0 Å². The Kier molecular flexibility index (Phi) is 9.14. The van der Waals surface area contributed by atoms with Gasteiger partial charge in [-0.2, -0.15) is 0 Å². The SMILES string of the molecule is C=CCN(Cc1ccccc1)C(=O)[C@@H]1[C@H]2C(=O)N([C@@H](CO)C(C)C)C(C(=O)N(CC=C)c3cc(C)ccc3C)C23CC[C@H]1O3. The molecule has 2 bridgehead atoms. The van der Waals surface area contributed by atoms with Gasteiger partial charge in [-0.3, -0.25) is 14.4 Å². The predicted molar refractivity (Wildman–Crippen MR) is 171 cm³/mol. The van der Waals surface area contributed by atoms with E-state index in [1.807, 2.05) is 76.2 Å². The fraction of sp³-hybridized carbons (Fsp3) is 0.472. The van der Waals surface area contributed by atoms with Gasteiger partial charge >= 0.3 is 0 Å². The molecule has 44 heavy (non-hydrogen) atoms. The molecule has 0 radical (unpaired) electrons. The highest BCUT2D eigenvalue weighted by atomic mass is 16.5. The van der Waals surface area contributed by atoms with Crippen LogP contribution in [0.25, 0.3) is 0 Å². The molecule has 0 aromatic heterocycles. The average Bonchev–Trinajstić information content (AvgIpc) is 3.65. The van der Waals surface area contributed by atoms with E-state index >= 15 is 0 Å². The van der Waals surface area contributed by atoms with E-state index in [1.54, 1.807) is 26.9 Å². The lowest BCUT2D eigenvalue weighted by Gasteiger charge is -2.40. The van der Waals surface area contributed by atoms with Crippen molar-refractivity contribution in [2.75, 3.05) is 24.6 Å². The molecule has 8 nitrogen and oxygen atoms in total. The number of aryl methyl sites for hydroxylation is 2. The number of aliphatic hydroxyl groups excluding tert-OH is 1. The van der Waals surface area contributed by atoms with Gasteiger partial charge in [-0.15, -0.1) is 13.2 Å². The maximum absolute atomic E-state index is 14.9. The zero-order valence-corrected chi connectivity index (χ0v) is 26.3. The highest BCUT2D eigenvalue weighted by Crippen LogP contribution is 2.59. The number of hydrogen-bond donors (Lipinski definition) is 1. The summed E-state index contributed by atoms with van der Waals surface area (Å²) >= 11 is 0. The molecule has 3 saturated heterocycles. The fourth-order valence-electron chi connectivity index (χ4n) is 7.63. The van der Waals surface area contributed by atoms with E-state index < -0.39 is 35.6 Å². The Morgan fingerprint density at radius 3 is 2.43 bits per heavy atom. The van der Waals surface area contributed by atoms with Crippen molar-refractivity contribution in [1.82, 2.24) is 9.80 Å². The zero-order chi connectivity index (χ0) is 31.8. The summed E-state index contributed by atoms with van der Waals surface area (Å²) in [7, 11) is 0. The van der Waals surface area contributed by atoms with Crippen LogP contribution in [-0.4, -0.2) is 76.1 Å². The molecule has 3 heterocycles. The molecule has 234 valence electrons. The minimum absolute atomic E-state index is 0.135. The Bertz CT molecular complexity index is 1420. The quantitative estimate of drug-likeness (QED) is 0.365. The molecule has 8 heteroatoms. The van der Waals surface area contributed by atoms with Crippen molar-refractivity contribution in [2.24, 2.45) is 17.8 Å². The van der Waals surface area contributed by atoms with Gasteiger partial charge in [0.05, 0.1) is 30.6 Å². The number of carbonyl (C=O) groups is 3. The topological polar surface area (TPSA) is 90.4 Å². The van der Waals surface area contributed by atoms with Crippen LogP contribution in [0.15, 0.2) is 73.8 Å². The third-order valence-corrected chi connectivity index (χ3v) is 9.68. The molecule has 6 atom stereocenters. The van der Waals surface area contributed by atoms with Crippen molar-refractivity contribution >= 4 is 23.4 Å². The monoisotopic (exact) mass is 599 g/mol. The van der Waals surface area contributed by atoms with Crippen LogP contribution in [0.4, 0.5) is 5.69 Å². The summed E-state index contributed by atoms with van der Waals surface area (Å²) in [5, 5.41) is 10.6. The summed E-state index contributed by atoms with van der Waals surface area (Å²) in [6.45, 7) is 16.2. The van der Waals surface area contributed by atoms with Crippen LogP contribution in [0.2, 0.25) is 0 Å². The molecule has 2 aromatic rings. The van der Waals surface area contributed by atoms with Gasteiger partial charge < -0.3 is 24.5 Å². The number of benzene rings is 2. The first-order valence-corrected chi connectivity index (χ1v) is 15.6. The van der Waals surface area contributed by atoms with E-state index in [0.717, 1.165) is 22.4 Å². The van der Waals surface area contributed by atoms with Gasteiger partial charge in [0, 0.05) is 25.3 Å². The van der Waals surface area contributed by atoms with Crippen molar-refractivity contribution in [3.05, 3.63) is 90.5 Å². The second-order valence-electron chi connectivity index (χ2n) is 12.8. The average molecular weight is 600 g/mol. The maximum atomic E-state index is 14.9. The lowest BCUT2D eigenvalue weighted by molar-refractivity contribution is -0.148. The second-order valence-corrected chi connectivity index (χ2v) is 12.8.